The molecule has 3 rings (SSSR count). The fourth-order valence-corrected chi connectivity index (χ4v) is 4.81. The zero-order valence-corrected chi connectivity index (χ0v) is 15.6. The monoisotopic (exact) mass is 401 g/mol. The third kappa shape index (κ3) is 4.28. The summed E-state index contributed by atoms with van der Waals surface area (Å²) in [6.07, 6.45) is 2.25. The Hall–Kier alpha value is -1.84. The van der Waals surface area contributed by atoms with Crippen molar-refractivity contribution in [1.82, 2.24) is 5.32 Å². The summed E-state index contributed by atoms with van der Waals surface area (Å²) in [5, 5.41) is 5.25. The van der Waals surface area contributed by atoms with E-state index in [9.17, 15) is 18.0 Å². The Morgan fingerprint density at radius 3 is 2.73 bits per heavy atom. The van der Waals surface area contributed by atoms with E-state index in [0.717, 1.165) is 12.8 Å². The molecule has 0 aliphatic carbocycles. The zero-order chi connectivity index (χ0) is 18.7. The van der Waals surface area contributed by atoms with Crippen molar-refractivity contribution in [2.45, 2.75) is 25.4 Å². The lowest BCUT2D eigenvalue weighted by Crippen LogP contribution is -2.39. The number of carbonyl (C=O) groups is 2. The second-order valence-electron chi connectivity index (χ2n) is 6.21. The summed E-state index contributed by atoms with van der Waals surface area (Å²) < 4.78 is 30.8. The molecular formula is C16H20ClN3O5S. The van der Waals surface area contributed by atoms with E-state index < -0.39 is 21.8 Å². The smallest absolute Gasteiger partial charge is 0.313 e. The normalized spacial score (nSPS) is 21.6. The second kappa shape index (κ2) is 7.81. The molecule has 1 atom stereocenters. The Morgan fingerprint density at radius 2 is 2.08 bits per heavy atom. The molecule has 0 spiro atoms. The van der Waals surface area contributed by atoms with Crippen LogP contribution in [0.15, 0.2) is 18.2 Å². The van der Waals surface area contributed by atoms with Crippen LogP contribution in [-0.2, 0) is 24.3 Å². The molecule has 142 valence electrons. The number of amides is 2. The maximum atomic E-state index is 12.1. The van der Waals surface area contributed by atoms with E-state index in [1.54, 1.807) is 0 Å². The molecule has 1 aromatic carbocycles. The molecule has 2 aliphatic heterocycles. The predicted octanol–water partition coefficient (Wildman–Crippen LogP) is 1.11. The SMILES string of the molecule is O=C(NC[C@@H]1CCCO1)C(=O)Nc1ccc(Cl)c(N2CCCS2(=O)=O)c1. The van der Waals surface area contributed by atoms with Crippen molar-refractivity contribution in [1.29, 1.82) is 0 Å². The van der Waals surface area contributed by atoms with Gasteiger partial charge in [-0.15, -0.1) is 0 Å². The molecule has 0 aromatic heterocycles. The number of sulfonamides is 1. The number of halogens is 1. The van der Waals surface area contributed by atoms with Crippen molar-refractivity contribution in [3.05, 3.63) is 23.2 Å². The van der Waals surface area contributed by atoms with E-state index in [-0.39, 0.29) is 23.4 Å². The van der Waals surface area contributed by atoms with Crippen LogP contribution in [0.1, 0.15) is 19.3 Å². The van der Waals surface area contributed by atoms with Crippen LogP contribution in [0.2, 0.25) is 5.02 Å². The molecule has 2 N–H and O–H groups in total. The number of benzene rings is 1. The molecule has 0 saturated carbocycles. The Kier molecular flexibility index (Phi) is 5.69. The molecule has 26 heavy (non-hydrogen) atoms. The van der Waals surface area contributed by atoms with E-state index in [0.29, 0.717) is 30.9 Å². The molecule has 2 saturated heterocycles. The minimum absolute atomic E-state index is 0.0609. The number of hydrogen-bond acceptors (Lipinski definition) is 5. The first kappa shape index (κ1) is 18.9. The van der Waals surface area contributed by atoms with E-state index >= 15 is 0 Å². The maximum absolute atomic E-state index is 12.1. The van der Waals surface area contributed by atoms with Gasteiger partial charge in [0.15, 0.2) is 0 Å². The molecule has 10 heteroatoms. The molecule has 2 aliphatic rings. The summed E-state index contributed by atoms with van der Waals surface area (Å²) in [5.74, 6) is -1.54. The molecule has 0 radical (unpaired) electrons. The minimum atomic E-state index is -3.40. The summed E-state index contributed by atoms with van der Waals surface area (Å²) in [4.78, 5) is 23.9. The van der Waals surface area contributed by atoms with Crippen LogP contribution in [0, 0.1) is 0 Å². The average molecular weight is 402 g/mol. The third-order valence-corrected chi connectivity index (χ3v) is 6.47. The fraction of sp³-hybridized carbons (Fsp3) is 0.500. The summed E-state index contributed by atoms with van der Waals surface area (Å²) >= 11 is 6.11. The first-order valence-electron chi connectivity index (χ1n) is 8.37. The minimum Gasteiger partial charge on any atom is -0.376 e. The van der Waals surface area contributed by atoms with Gasteiger partial charge in [0.25, 0.3) is 0 Å². The van der Waals surface area contributed by atoms with Gasteiger partial charge in [0, 0.05) is 25.4 Å². The highest BCUT2D eigenvalue weighted by atomic mass is 35.5. The second-order valence-corrected chi connectivity index (χ2v) is 8.63. The molecular weight excluding hydrogens is 382 g/mol. The summed E-state index contributed by atoms with van der Waals surface area (Å²) in [6, 6.07) is 4.46. The van der Waals surface area contributed by atoms with E-state index in [4.69, 9.17) is 16.3 Å². The number of nitrogens with one attached hydrogen (secondary N) is 2. The van der Waals surface area contributed by atoms with Crippen LogP contribution in [0.25, 0.3) is 0 Å². The Morgan fingerprint density at radius 1 is 1.27 bits per heavy atom. The van der Waals surface area contributed by atoms with Gasteiger partial charge < -0.3 is 15.4 Å². The van der Waals surface area contributed by atoms with Crippen LogP contribution in [0.3, 0.4) is 0 Å². The van der Waals surface area contributed by atoms with Gasteiger partial charge in [0.2, 0.25) is 10.0 Å². The van der Waals surface area contributed by atoms with Gasteiger partial charge in [-0.1, -0.05) is 11.6 Å². The van der Waals surface area contributed by atoms with Gasteiger partial charge in [0.1, 0.15) is 0 Å². The zero-order valence-electron chi connectivity index (χ0n) is 14.0. The average Bonchev–Trinajstić information content (AvgIpc) is 3.23. The van der Waals surface area contributed by atoms with Gasteiger partial charge >= 0.3 is 11.8 Å². The van der Waals surface area contributed by atoms with Gasteiger partial charge in [-0.3, -0.25) is 13.9 Å². The number of nitrogens with zero attached hydrogens (tertiary/aromatic N) is 1. The van der Waals surface area contributed by atoms with Gasteiger partial charge in [-0.25, -0.2) is 8.42 Å². The standard InChI is InChI=1S/C16H20ClN3O5S/c17-13-5-4-11(9-14(13)20-6-2-8-26(20,23)24)19-16(22)15(21)18-10-12-3-1-7-25-12/h4-5,9,12H,1-3,6-8,10H2,(H,18,21)(H,19,22)/t12-/m0/s1. The first-order valence-corrected chi connectivity index (χ1v) is 10.4. The van der Waals surface area contributed by atoms with Crippen LogP contribution < -0.4 is 14.9 Å². The molecule has 8 nitrogen and oxygen atoms in total. The predicted molar refractivity (Wildman–Crippen MR) is 97.8 cm³/mol. The summed E-state index contributed by atoms with van der Waals surface area (Å²) in [7, 11) is -3.40. The number of ether oxygens (including phenoxy) is 1. The van der Waals surface area contributed by atoms with Gasteiger partial charge in [-0.05, 0) is 37.5 Å². The summed E-state index contributed by atoms with van der Waals surface area (Å²) in [6.45, 7) is 1.28. The van der Waals surface area contributed by atoms with Crippen LogP contribution in [0.5, 0.6) is 0 Å². The summed E-state index contributed by atoms with van der Waals surface area (Å²) in [5.41, 5.74) is 0.588. The quantitative estimate of drug-likeness (QED) is 0.735. The van der Waals surface area contributed by atoms with Gasteiger partial charge in [-0.2, -0.15) is 0 Å². The number of carbonyl (C=O) groups excluding carboxylic acids is 2. The van der Waals surface area contributed by atoms with E-state index in [1.165, 1.54) is 22.5 Å². The van der Waals surface area contributed by atoms with E-state index in [1.807, 2.05) is 0 Å². The highest BCUT2D eigenvalue weighted by molar-refractivity contribution is 7.93. The lowest BCUT2D eigenvalue weighted by molar-refractivity contribution is -0.136. The maximum Gasteiger partial charge on any atom is 0.313 e. The largest absolute Gasteiger partial charge is 0.376 e. The van der Waals surface area contributed by atoms with Crippen molar-refractivity contribution in [2.24, 2.45) is 0 Å². The highest BCUT2D eigenvalue weighted by Gasteiger charge is 2.30. The number of rotatable bonds is 4. The Bertz CT molecular complexity index is 808. The van der Waals surface area contributed by atoms with Crippen molar-refractivity contribution in [3.63, 3.8) is 0 Å². The number of anilines is 2. The molecule has 1 aromatic rings. The fourth-order valence-electron chi connectivity index (χ4n) is 2.97. The van der Waals surface area contributed by atoms with Crippen molar-refractivity contribution >= 4 is 44.8 Å². The van der Waals surface area contributed by atoms with Crippen LogP contribution in [-0.4, -0.2) is 51.8 Å². The molecule has 0 bridgehead atoms. The lowest BCUT2D eigenvalue weighted by Gasteiger charge is -2.19. The van der Waals surface area contributed by atoms with E-state index in [2.05, 4.69) is 10.6 Å². The van der Waals surface area contributed by atoms with Crippen LogP contribution >= 0.6 is 11.6 Å². The molecule has 2 amide bonds. The molecule has 0 unspecified atom stereocenters. The lowest BCUT2D eigenvalue weighted by atomic mass is 10.2. The van der Waals surface area contributed by atoms with Crippen LogP contribution in [0.4, 0.5) is 11.4 Å². The van der Waals surface area contributed by atoms with Crippen molar-refractivity contribution in [2.75, 3.05) is 35.1 Å². The Balaban J connectivity index is 1.65. The highest BCUT2D eigenvalue weighted by Crippen LogP contribution is 2.33. The third-order valence-electron chi connectivity index (χ3n) is 4.29. The van der Waals surface area contributed by atoms with Gasteiger partial charge in [0.05, 0.1) is 22.6 Å². The first-order chi connectivity index (χ1) is 12.4. The topological polar surface area (TPSA) is 105 Å². The molecule has 2 heterocycles. The molecule has 2 fully saturated rings. The Labute approximate surface area is 156 Å². The number of hydrogen-bond donors (Lipinski definition) is 2. The van der Waals surface area contributed by atoms with Crippen molar-refractivity contribution in [3.8, 4) is 0 Å². The van der Waals surface area contributed by atoms with Crippen molar-refractivity contribution < 1.29 is 22.7 Å².